The highest BCUT2D eigenvalue weighted by molar-refractivity contribution is 7.90. The van der Waals surface area contributed by atoms with Gasteiger partial charge in [0.05, 0.1) is 22.3 Å². The Morgan fingerprint density at radius 3 is 2.67 bits per heavy atom. The third-order valence-corrected chi connectivity index (χ3v) is 4.32. The van der Waals surface area contributed by atoms with Gasteiger partial charge in [0.2, 0.25) is 0 Å². The molecule has 1 aromatic heterocycles. The van der Waals surface area contributed by atoms with Crippen molar-refractivity contribution in [1.29, 1.82) is 0 Å². The predicted molar refractivity (Wildman–Crippen MR) is 80.4 cm³/mol. The van der Waals surface area contributed by atoms with Gasteiger partial charge in [-0.1, -0.05) is 13.0 Å². The number of aryl methyl sites for hydroxylation is 2. The lowest BCUT2D eigenvalue weighted by Crippen LogP contribution is -2.11. The Bertz CT molecular complexity index is 778. The lowest BCUT2D eigenvalue weighted by Gasteiger charge is -2.09. The molecule has 114 valence electrons. The highest BCUT2D eigenvalue weighted by atomic mass is 32.2. The highest BCUT2D eigenvalue weighted by Crippen LogP contribution is 2.21. The van der Waals surface area contributed by atoms with Crippen LogP contribution in [0.25, 0.3) is 11.0 Å². The second-order valence-corrected chi connectivity index (χ2v) is 7.25. The number of nitrogens with zero attached hydrogens (tertiary/aromatic N) is 2. The van der Waals surface area contributed by atoms with Crippen molar-refractivity contribution in [3.05, 3.63) is 29.6 Å². The number of fused-ring (bicyclic) bond motifs is 1. The number of hydrogen-bond acceptors (Lipinski definition) is 4. The maximum absolute atomic E-state index is 11.4. The summed E-state index contributed by atoms with van der Waals surface area (Å²) in [6.07, 6.45) is 2.29. The van der Waals surface area contributed by atoms with E-state index in [4.69, 9.17) is 0 Å². The van der Waals surface area contributed by atoms with E-state index in [1.165, 1.54) is 6.26 Å². The first-order valence-electron chi connectivity index (χ1n) is 6.72. The minimum Gasteiger partial charge on any atom is -0.478 e. The molecule has 0 amide bonds. The quantitative estimate of drug-likeness (QED) is 0.877. The van der Waals surface area contributed by atoms with Crippen molar-refractivity contribution in [1.82, 2.24) is 9.55 Å². The summed E-state index contributed by atoms with van der Waals surface area (Å²) in [4.78, 5) is 15.8. The van der Waals surface area contributed by atoms with Gasteiger partial charge in [-0.15, -0.1) is 0 Å². The summed E-state index contributed by atoms with van der Waals surface area (Å²) in [5.74, 6) is -0.162. The van der Waals surface area contributed by atoms with Crippen LogP contribution in [0.1, 0.15) is 29.5 Å². The second-order valence-electron chi connectivity index (χ2n) is 5.00. The third kappa shape index (κ3) is 3.41. The fraction of sp³-hybridized carbons (Fsp3) is 0.429. The molecule has 0 saturated heterocycles. The maximum atomic E-state index is 11.4. The molecule has 0 atom stereocenters. The zero-order chi connectivity index (χ0) is 15.6. The third-order valence-electron chi connectivity index (χ3n) is 3.29. The largest absolute Gasteiger partial charge is 0.478 e. The van der Waals surface area contributed by atoms with Crippen LogP contribution < -0.4 is 0 Å². The Morgan fingerprint density at radius 1 is 1.38 bits per heavy atom. The molecule has 21 heavy (non-hydrogen) atoms. The van der Waals surface area contributed by atoms with Crippen molar-refractivity contribution in [2.45, 2.75) is 26.3 Å². The number of rotatable bonds is 6. The standard InChI is InChI=1S/C14H18N2O4S/c1-3-12-15-11-7-4-6-10(14(17)18)13(11)16(12)8-5-9-21(2,19)20/h4,6-7H,3,5,8-9H2,1-2H3,(H,17,18). The van der Waals surface area contributed by atoms with Crippen LogP contribution in [0.4, 0.5) is 0 Å². The number of aromatic nitrogens is 2. The Kier molecular flexibility index (Phi) is 4.32. The Labute approximate surface area is 123 Å². The average Bonchev–Trinajstić information content (AvgIpc) is 2.75. The van der Waals surface area contributed by atoms with Crippen molar-refractivity contribution < 1.29 is 18.3 Å². The number of hydrogen-bond donors (Lipinski definition) is 1. The van der Waals surface area contributed by atoms with Gasteiger partial charge in [-0.25, -0.2) is 18.2 Å². The molecule has 2 rings (SSSR count). The van der Waals surface area contributed by atoms with Crippen LogP contribution in [0.15, 0.2) is 18.2 Å². The predicted octanol–water partition coefficient (Wildman–Crippen LogP) is 1.73. The maximum Gasteiger partial charge on any atom is 0.337 e. The number of imidazole rings is 1. The number of benzene rings is 1. The lowest BCUT2D eigenvalue weighted by atomic mass is 10.2. The van der Waals surface area contributed by atoms with Gasteiger partial charge < -0.3 is 9.67 Å². The number of para-hydroxylation sites is 1. The number of carbonyl (C=O) groups is 1. The van der Waals surface area contributed by atoms with E-state index in [1.807, 2.05) is 11.5 Å². The Balaban J connectivity index is 2.46. The van der Waals surface area contributed by atoms with Gasteiger partial charge in [0.25, 0.3) is 0 Å². The van der Waals surface area contributed by atoms with Gasteiger partial charge >= 0.3 is 5.97 Å². The van der Waals surface area contributed by atoms with Crippen LogP contribution in [0.3, 0.4) is 0 Å². The number of sulfone groups is 1. The molecule has 0 bridgehead atoms. The van der Waals surface area contributed by atoms with Crippen LogP contribution in [0, 0.1) is 0 Å². The van der Waals surface area contributed by atoms with E-state index >= 15 is 0 Å². The van der Waals surface area contributed by atoms with Crippen molar-refractivity contribution in [2.75, 3.05) is 12.0 Å². The summed E-state index contributed by atoms with van der Waals surface area (Å²) < 4.78 is 24.3. The van der Waals surface area contributed by atoms with Crippen molar-refractivity contribution >= 4 is 26.8 Å². The molecule has 1 N–H and O–H groups in total. The van der Waals surface area contributed by atoms with Gasteiger partial charge in [0.1, 0.15) is 15.7 Å². The zero-order valence-corrected chi connectivity index (χ0v) is 12.9. The Hall–Kier alpha value is -1.89. The van der Waals surface area contributed by atoms with E-state index in [0.29, 0.717) is 30.4 Å². The van der Waals surface area contributed by atoms with E-state index in [9.17, 15) is 18.3 Å². The fourth-order valence-electron chi connectivity index (χ4n) is 2.40. The first-order chi connectivity index (χ1) is 9.83. The van der Waals surface area contributed by atoms with E-state index < -0.39 is 15.8 Å². The highest BCUT2D eigenvalue weighted by Gasteiger charge is 2.17. The van der Waals surface area contributed by atoms with Crippen LogP contribution in [-0.4, -0.2) is 41.1 Å². The zero-order valence-electron chi connectivity index (χ0n) is 12.0. The molecule has 1 aromatic carbocycles. The fourth-order valence-corrected chi connectivity index (χ4v) is 3.06. The molecule has 7 heteroatoms. The summed E-state index contributed by atoms with van der Waals surface area (Å²) >= 11 is 0. The minimum absolute atomic E-state index is 0.0745. The molecule has 0 aliphatic carbocycles. The molecular weight excluding hydrogens is 292 g/mol. The number of carboxylic acid groups (broad SMARTS) is 1. The molecule has 1 heterocycles. The van der Waals surface area contributed by atoms with Gasteiger partial charge in [-0.3, -0.25) is 0 Å². The van der Waals surface area contributed by atoms with Crippen molar-refractivity contribution in [3.63, 3.8) is 0 Å². The molecule has 0 radical (unpaired) electrons. The van der Waals surface area contributed by atoms with Gasteiger partial charge in [0, 0.05) is 19.2 Å². The molecule has 0 saturated carbocycles. The first kappa shape index (κ1) is 15.5. The molecule has 0 fully saturated rings. The summed E-state index contributed by atoms with van der Waals surface area (Å²) in [6, 6.07) is 4.98. The average molecular weight is 310 g/mol. The molecule has 6 nitrogen and oxygen atoms in total. The monoisotopic (exact) mass is 310 g/mol. The topological polar surface area (TPSA) is 89.3 Å². The van der Waals surface area contributed by atoms with E-state index in [2.05, 4.69) is 4.98 Å². The van der Waals surface area contributed by atoms with Crippen molar-refractivity contribution in [3.8, 4) is 0 Å². The summed E-state index contributed by atoms with van der Waals surface area (Å²) in [5, 5.41) is 9.31. The number of aromatic carboxylic acids is 1. The molecule has 0 unspecified atom stereocenters. The normalized spacial score (nSPS) is 11.9. The van der Waals surface area contributed by atoms with Gasteiger partial charge in [-0.05, 0) is 18.6 Å². The first-order valence-corrected chi connectivity index (χ1v) is 8.78. The van der Waals surface area contributed by atoms with Crippen LogP contribution in [-0.2, 0) is 22.8 Å². The van der Waals surface area contributed by atoms with E-state index in [0.717, 1.165) is 5.82 Å². The molecule has 0 aliphatic heterocycles. The van der Waals surface area contributed by atoms with E-state index in [1.54, 1.807) is 18.2 Å². The molecule has 0 spiro atoms. The number of carboxylic acids is 1. The van der Waals surface area contributed by atoms with Crippen LogP contribution >= 0.6 is 0 Å². The molecule has 2 aromatic rings. The van der Waals surface area contributed by atoms with Crippen LogP contribution in [0.2, 0.25) is 0 Å². The smallest absolute Gasteiger partial charge is 0.337 e. The van der Waals surface area contributed by atoms with Gasteiger partial charge in [-0.2, -0.15) is 0 Å². The second kappa shape index (κ2) is 5.85. The summed E-state index contributed by atoms with van der Waals surface area (Å²) in [6.45, 7) is 2.38. The molecular formula is C14H18N2O4S. The SMILES string of the molecule is CCc1nc2cccc(C(=O)O)c2n1CCCS(C)(=O)=O. The minimum atomic E-state index is -3.03. The van der Waals surface area contributed by atoms with Crippen molar-refractivity contribution in [2.24, 2.45) is 0 Å². The van der Waals surface area contributed by atoms with Gasteiger partial charge in [0.15, 0.2) is 0 Å². The van der Waals surface area contributed by atoms with Crippen LogP contribution in [0.5, 0.6) is 0 Å². The lowest BCUT2D eigenvalue weighted by molar-refractivity contribution is 0.0698. The van der Waals surface area contributed by atoms with E-state index in [-0.39, 0.29) is 11.3 Å². The summed E-state index contributed by atoms with van der Waals surface area (Å²) in [5.41, 5.74) is 1.39. The Morgan fingerprint density at radius 2 is 2.10 bits per heavy atom. The molecule has 0 aliphatic rings. The summed E-state index contributed by atoms with van der Waals surface area (Å²) in [7, 11) is -3.03.